The summed E-state index contributed by atoms with van der Waals surface area (Å²) in [6.07, 6.45) is 5.54. The Hall–Kier alpha value is -0.910. The lowest BCUT2D eigenvalue weighted by Gasteiger charge is -2.35. The predicted molar refractivity (Wildman–Crippen MR) is 79.2 cm³/mol. The van der Waals surface area contributed by atoms with Gasteiger partial charge in [-0.15, -0.1) is 0 Å². The average Bonchev–Trinajstić information content (AvgIpc) is 2.93. The largest absolute Gasteiger partial charge is 0.374 e. The number of likely N-dealkylation sites (N-methyl/N-ethyl adjacent to an activating group) is 1. The molecule has 2 rings (SSSR count). The molecule has 0 saturated carbocycles. The van der Waals surface area contributed by atoms with E-state index in [1.54, 1.807) is 0 Å². The normalized spacial score (nSPS) is 25.4. The molecule has 2 atom stereocenters. The molecule has 5 heteroatoms. The van der Waals surface area contributed by atoms with Crippen molar-refractivity contribution in [3.63, 3.8) is 0 Å². The molecule has 1 fully saturated rings. The van der Waals surface area contributed by atoms with Gasteiger partial charge in [-0.2, -0.15) is 0 Å². The third kappa shape index (κ3) is 3.81. The van der Waals surface area contributed by atoms with Gasteiger partial charge in [0, 0.05) is 31.4 Å². The maximum atomic E-state index is 12.5. The van der Waals surface area contributed by atoms with Crippen LogP contribution < -0.4 is 5.73 Å². The molecule has 2 N–H and O–H groups in total. The molecule has 0 spiro atoms. The van der Waals surface area contributed by atoms with Gasteiger partial charge in [-0.05, 0) is 33.1 Å². The van der Waals surface area contributed by atoms with E-state index in [1.165, 1.54) is 12.1 Å². The highest BCUT2D eigenvalue weighted by Gasteiger charge is 2.27. The van der Waals surface area contributed by atoms with Crippen LogP contribution in [-0.2, 0) is 9.53 Å². The van der Waals surface area contributed by atoms with Crippen LogP contribution in [0.25, 0.3) is 0 Å². The Bertz CT molecular complexity index is 368. The van der Waals surface area contributed by atoms with Gasteiger partial charge in [0.15, 0.2) is 0 Å². The topological polar surface area (TPSA) is 58.8 Å². The molecule has 1 amide bonds. The van der Waals surface area contributed by atoms with Gasteiger partial charge in [0.2, 0.25) is 5.91 Å². The van der Waals surface area contributed by atoms with Crippen molar-refractivity contribution >= 4 is 5.91 Å². The van der Waals surface area contributed by atoms with Crippen molar-refractivity contribution in [1.82, 2.24) is 9.80 Å². The van der Waals surface area contributed by atoms with E-state index in [0.717, 1.165) is 32.5 Å². The summed E-state index contributed by atoms with van der Waals surface area (Å²) in [5.74, 6) is 0.200. The van der Waals surface area contributed by atoms with Gasteiger partial charge in [-0.1, -0.05) is 6.08 Å². The van der Waals surface area contributed by atoms with Gasteiger partial charge in [-0.3, -0.25) is 9.69 Å². The first-order chi connectivity index (χ1) is 9.61. The first-order valence-corrected chi connectivity index (χ1v) is 7.70. The monoisotopic (exact) mass is 281 g/mol. The van der Waals surface area contributed by atoms with E-state index < -0.39 is 0 Å². The number of carbonyl (C=O) groups is 1. The summed E-state index contributed by atoms with van der Waals surface area (Å²) < 4.78 is 5.63. The number of rotatable bonds is 5. The molecule has 1 aliphatic carbocycles. The van der Waals surface area contributed by atoms with Crippen LogP contribution in [0.3, 0.4) is 0 Å². The van der Waals surface area contributed by atoms with E-state index in [2.05, 4.69) is 11.0 Å². The fourth-order valence-corrected chi connectivity index (χ4v) is 2.91. The number of nitrogens with zero attached hydrogens (tertiary/aromatic N) is 2. The van der Waals surface area contributed by atoms with Crippen molar-refractivity contribution < 1.29 is 9.53 Å². The molecule has 0 aromatic carbocycles. The molecule has 0 aromatic heterocycles. The van der Waals surface area contributed by atoms with Crippen LogP contribution in [0.4, 0.5) is 0 Å². The summed E-state index contributed by atoms with van der Waals surface area (Å²) in [5.41, 5.74) is 7.09. The molecular weight excluding hydrogens is 254 g/mol. The van der Waals surface area contributed by atoms with Crippen molar-refractivity contribution in [3.05, 3.63) is 11.8 Å². The van der Waals surface area contributed by atoms with Gasteiger partial charge < -0.3 is 15.4 Å². The summed E-state index contributed by atoms with van der Waals surface area (Å²) in [7, 11) is 0. The third-order valence-corrected chi connectivity index (χ3v) is 4.10. The summed E-state index contributed by atoms with van der Waals surface area (Å²) in [6.45, 7) is 7.45. The average molecular weight is 281 g/mol. The van der Waals surface area contributed by atoms with Gasteiger partial charge in [0.05, 0.1) is 19.3 Å². The van der Waals surface area contributed by atoms with Crippen molar-refractivity contribution in [2.24, 2.45) is 5.73 Å². The van der Waals surface area contributed by atoms with Gasteiger partial charge in [0.25, 0.3) is 0 Å². The Morgan fingerprint density at radius 2 is 2.45 bits per heavy atom. The number of ether oxygens (including phenoxy) is 1. The fraction of sp³-hybridized carbons (Fsp3) is 0.800. The number of hydrogen-bond donors (Lipinski definition) is 1. The van der Waals surface area contributed by atoms with Crippen LogP contribution >= 0.6 is 0 Å². The molecule has 2 unspecified atom stereocenters. The highest BCUT2D eigenvalue weighted by atomic mass is 16.5. The quantitative estimate of drug-likeness (QED) is 0.815. The lowest BCUT2D eigenvalue weighted by atomic mass is 10.1. The minimum atomic E-state index is 0.00715. The van der Waals surface area contributed by atoms with Crippen molar-refractivity contribution in [1.29, 1.82) is 0 Å². The second kappa shape index (κ2) is 7.20. The highest BCUT2D eigenvalue weighted by Crippen LogP contribution is 2.21. The van der Waals surface area contributed by atoms with Crippen LogP contribution in [-0.4, -0.2) is 60.6 Å². The van der Waals surface area contributed by atoms with Crippen LogP contribution in [0.5, 0.6) is 0 Å². The zero-order valence-corrected chi connectivity index (χ0v) is 12.7. The van der Waals surface area contributed by atoms with Crippen molar-refractivity contribution in [3.8, 4) is 0 Å². The maximum Gasteiger partial charge on any atom is 0.240 e. The first-order valence-electron chi connectivity index (χ1n) is 7.70. The van der Waals surface area contributed by atoms with E-state index in [4.69, 9.17) is 10.5 Å². The Morgan fingerprint density at radius 3 is 3.05 bits per heavy atom. The molecular formula is C15H27N3O2. The summed E-state index contributed by atoms with van der Waals surface area (Å²) in [6, 6.07) is 0.00715. The van der Waals surface area contributed by atoms with Gasteiger partial charge in [0.1, 0.15) is 0 Å². The molecule has 20 heavy (non-hydrogen) atoms. The summed E-state index contributed by atoms with van der Waals surface area (Å²) >= 11 is 0. The van der Waals surface area contributed by atoms with Crippen LogP contribution in [0.1, 0.15) is 33.1 Å². The van der Waals surface area contributed by atoms with Crippen LogP contribution in [0.2, 0.25) is 0 Å². The SMILES string of the molecule is CCN(C(=O)CN1CCOC(C(C)N)C1)C1=CCCC1. The minimum absolute atomic E-state index is 0.00715. The Kier molecular flexibility index (Phi) is 5.57. The molecule has 0 aromatic rings. The third-order valence-electron chi connectivity index (χ3n) is 4.10. The van der Waals surface area contributed by atoms with E-state index in [0.29, 0.717) is 13.2 Å². The number of hydrogen-bond acceptors (Lipinski definition) is 4. The molecule has 1 saturated heterocycles. The lowest BCUT2D eigenvalue weighted by molar-refractivity contribution is -0.132. The smallest absolute Gasteiger partial charge is 0.240 e. The maximum absolute atomic E-state index is 12.5. The number of nitrogens with two attached hydrogens (primary N) is 1. The van der Waals surface area contributed by atoms with E-state index >= 15 is 0 Å². The van der Waals surface area contributed by atoms with E-state index in [1.807, 2.05) is 18.7 Å². The number of morpholine rings is 1. The summed E-state index contributed by atoms with van der Waals surface area (Å²) in [5, 5.41) is 0. The second-order valence-corrected chi connectivity index (χ2v) is 5.73. The predicted octanol–water partition coefficient (Wildman–Crippen LogP) is 0.951. The first kappa shape index (κ1) is 15.5. The second-order valence-electron chi connectivity index (χ2n) is 5.73. The zero-order chi connectivity index (χ0) is 14.5. The van der Waals surface area contributed by atoms with Crippen molar-refractivity contribution in [2.75, 3.05) is 32.8 Å². The number of amides is 1. The fourth-order valence-electron chi connectivity index (χ4n) is 2.91. The molecule has 5 nitrogen and oxygen atoms in total. The molecule has 1 heterocycles. The Morgan fingerprint density at radius 1 is 1.65 bits per heavy atom. The van der Waals surface area contributed by atoms with Crippen LogP contribution in [0.15, 0.2) is 11.8 Å². The van der Waals surface area contributed by atoms with E-state index in [-0.39, 0.29) is 18.1 Å². The standard InChI is InChI=1S/C15H27N3O2/c1-3-18(13-6-4-5-7-13)15(19)11-17-8-9-20-14(10-17)12(2)16/h6,12,14H,3-5,7-11,16H2,1-2H3. The minimum Gasteiger partial charge on any atom is -0.374 e. The van der Waals surface area contributed by atoms with E-state index in [9.17, 15) is 4.79 Å². The summed E-state index contributed by atoms with van der Waals surface area (Å²) in [4.78, 5) is 16.6. The van der Waals surface area contributed by atoms with Gasteiger partial charge in [-0.25, -0.2) is 0 Å². The Labute approximate surface area is 121 Å². The molecule has 0 radical (unpaired) electrons. The van der Waals surface area contributed by atoms with Crippen molar-refractivity contribution in [2.45, 2.75) is 45.3 Å². The molecule has 114 valence electrons. The Balaban J connectivity index is 1.89. The lowest BCUT2D eigenvalue weighted by Crippen LogP contribution is -2.52. The number of allylic oxidation sites excluding steroid dienone is 2. The van der Waals surface area contributed by atoms with Crippen LogP contribution in [0, 0.1) is 0 Å². The van der Waals surface area contributed by atoms with Gasteiger partial charge >= 0.3 is 0 Å². The zero-order valence-electron chi connectivity index (χ0n) is 12.7. The molecule has 2 aliphatic rings. The molecule has 0 bridgehead atoms. The number of carbonyl (C=O) groups excluding carboxylic acids is 1. The molecule has 1 aliphatic heterocycles. The highest BCUT2D eigenvalue weighted by molar-refractivity contribution is 5.80.